The number of piperazine rings is 1. The molecular formula is C26H30N2O4. The lowest BCUT2D eigenvalue weighted by molar-refractivity contribution is -0.127. The number of ether oxygens (including phenoxy) is 2. The number of methoxy groups -OCH3 is 2. The number of fused-ring (bicyclic) bond motifs is 1. The van der Waals surface area contributed by atoms with Crippen LogP contribution in [0, 0.1) is 0 Å². The molecular weight excluding hydrogens is 404 g/mol. The van der Waals surface area contributed by atoms with Gasteiger partial charge in [0.1, 0.15) is 17.1 Å². The van der Waals surface area contributed by atoms with Crippen molar-refractivity contribution in [1.82, 2.24) is 9.80 Å². The SMILES string of the molecule is CCN1CCN(C(=O)/C=C(\C)c2cc3c(-c4ccccc4OC)coc3cc2OC)CC1. The highest BCUT2D eigenvalue weighted by atomic mass is 16.5. The molecule has 32 heavy (non-hydrogen) atoms. The Kier molecular flexibility index (Phi) is 6.51. The molecule has 6 heteroatoms. The van der Waals surface area contributed by atoms with Gasteiger partial charge in [-0.05, 0) is 31.2 Å². The van der Waals surface area contributed by atoms with Gasteiger partial charge in [0.25, 0.3) is 0 Å². The van der Waals surface area contributed by atoms with Gasteiger partial charge in [0.15, 0.2) is 0 Å². The highest BCUT2D eigenvalue weighted by Gasteiger charge is 2.20. The van der Waals surface area contributed by atoms with E-state index in [2.05, 4.69) is 11.8 Å². The van der Waals surface area contributed by atoms with Crippen LogP contribution in [0.5, 0.6) is 11.5 Å². The summed E-state index contributed by atoms with van der Waals surface area (Å²) in [6, 6.07) is 11.8. The van der Waals surface area contributed by atoms with Crippen LogP contribution < -0.4 is 9.47 Å². The Morgan fingerprint density at radius 2 is 1.75 bits per heavy atom. The van der Waals surface area contributed by atoms with Crippen LogP contribution in [0.15, 0.2) is 53.2 Å². The lowest BCUT2D eigenvalue weighted by atomic mass is 9.98. The van der Waals surface area contributed by atoms with Crippen molar-refractivity contribution in [2.75, 3.05) is 46.9 Å². The van der Waals surface area contributed by atoms with Gasteiger partial charge in [-0.2, -0.15) is 0 Å². The number of carbonyl (C=O) groups excluding carboxylic acids is 1. The zero-order valence-electron chi connectivity index (χ0n) is 19.2. The third-order valence-electron chi connectivity index (χ3n) is 6.19. The van der Waals surface area contributed by atoms with Crippen molar-refractivity contribution in [3.05, 3.63) is 54.3 Å². The minimum absolute atomic E-state index is 0.0394. The number of para-hydroxylation sites is 1. The van der Waals surface area contributed by atoms with E-state index in [1.165, 1.54) is 0 Å². The second-order valence-corrected chi connectivity index (χ2v) is 7.99. The second kappa shape index (κ2) is 9.49. The molecule has 4 rings (SSSR count). The number of nitrogens with zero attached hydrogens (tertiary/aromatic N) is 2. The molecule has 1 saturated heterocycles. The van der Waals surface area contributed by atoms with Crippen LogP contribution in [0.2, 0.25) is 0 Å². The Morgan fingerprint density at radius 1 is 1.03 bits per heavy atom. The summed E-state index contributed by atoms with van der Waals surface area (Å²) in [6.45, 7) is 8.47. The van der Waals surface area contributed by atoms with Gasteiger partial charge in [0, 0.05) is 60.4 Å². The molecule has 0 saturated carbocycles. The van der Waals surface area contributed by atoms with Crippen molar-refractivity contribution in [1.29, 1.82) is 0 Å². The van der Waals surface area contributed by atoms with Crippen LogP contribution in [0.25, 0.3) is 27.7 Å². The quantitative estimate of drug-likeness (QED) is 0.527. The van der Waals surface area contributed by atoms with Gasteiger partial charge in [-0.15, -0.1) is 0 Å². The highest BCUT2D eigenvalue weighted by Crippen LogP contribution is 2.40. The smallest absolute Gasteiger partial charge is 0.246 e. The zero-order valence-corrected chi connectivity index (χ0v) is 19.2. The predicted molar refractivity (Wildman–Crippen MR) is 127 cm³/mol. The van der Waals surface area contributed by atoms with Crippen LogP contribution in [-0.2, 0) is 4.79 Å². The third kappa shape index (κ3) is 4.23. The summed E-state index contributed by atoms with van der Waals surface area (Å²) in [5.74, 6) is 1.49. The average molecular weight is 435 g/mol. The van der Waals surface area contributed by atoms with Crippen molar-refractivity contribution in [3.63, 3.8) is 0 Å². The first kappa shape index (κ1) is 22.0. The van der Waals surface area contributed by atoms with E-state index in [9.17, 15) is 4.79 Å². The Morgan fingerprint density at radius 3 is 2.44 bits per heavy atom. The molecule has 6 nitrogen and oxygen atoms in total. The minimum atomic E-state index is 0.0394. The average Bonchev–Trinajstić information content (AvgIpc) is 3.25. The van der Waals surface area contributed by atoms with Gasteiger partial charge < -0.3 is 23.7 Å². The van der Waals surface area contributed by atoms with Gasteiger partial charge in [-0.25, -0.2) is 0 Å². The lowest BCUT2D eigenvalue weighted by Crippen LogP contribution is -2.48. The predicted octanol–water partition coefficient (Wildman–Crippen LogP) is 4.68. The Bertz CT molecular complexity index is 1140. The third-order valence-corrected chi connectivity index (χ3v) is 6.19. The summed E-state index contributed by atoms with van der Waals surface area (Å²) < 4.78 is 17.0. The van der Waals surface area contributed by atoms with Crippen LogP contribution in [0.4, 0.5) is 0 Å². The normalized spacial score (nSPS) is 15.2. The van der Waals surface area contributed by atoms with Crippen LogP contribution >= 0.6 is 0 Å². The molecule has 0 atom stereocenters. The number of amides is 1. The summed E-state index contributed by atoms with van der Waals surface area (Å²) in [5, 5.41) is 0.946. The molecule has 0 unspecified atom stereocenters. The number of furan rings is 1. The Hall–Kier alpha value is -3.25. The monoisotopic (exact) mass is 434 g/mol. The number of hydrogen-bond donors (Lipinski definition) is 0. The Balaban J connectivity index is 1.70. The summed E-state index contributed by atoms with van der Waals surface area (Å²) in [6.07, 6.45) is 3.46. The van der Waals surface area contributed by atoms with Crippen LogP contribution in [0.1, 0.15) is 19.4 Å². The van der Waals surface area contributed by atoms with E-state index < -0.39 is 0 Å². The molecule has 1 aliphatic heterocycles. The molecule has 0 radical (unpaired) electrons. The van der Waals surface area contributed by atoms with Gasteiger partial charge in [0.2, 0.25) is 5.91 Å². The minimum Gasteiger partial charge on any atom is -0.496 e. The van der Waals surface area contributed by atoms with E-state index in [0.29, 0.717) is 5.75 Å². The number of rotatable bonds is 6. The van der Waals surface area contributed by atoms with E-state index in [4.69, 9.17) is 13.9 Å². The lowest BCUT2D eigenvalue weighted by Gasteiger charge is -2.33. The highest BCUT2D eigenvalue weighted by molar-refractivity contribution is 6.01. The van der Waals surface area contributed by atoms with E-state index in [1.54, 1.807) is 26.6 Å². The fourth-order valence-electron chi connectivity index (χ4n) is 4.25. The summed E-state index contributed by atoms with van der Waals surface area (Å²) in [5.41, 5.74) is 4.35. The number of allylic oxidation sites excluding steroid dienone is 1. The molecule has 2 heterocycles. The molecule has 1 aliphatic rings. The first-order chi connectivity index (χ1) is 15.5. The van der Waals surface area contributed by atoms with Crippen molar-refractivity contribution >= 4 is 22.4 Å². The summed E-state index contributed by atoms with van der Waals surface area (Å²) >= 11 is 0. The standard InChI is InChI=1S/C26H30N2O4/c1-5-27-10-12-28(13-11-27)26(29)14-18(2)20-15-21-22(17-32-25(21)16-24(20)31-4)19-8-6-7-9-23(19)30-3/h6-9,14-17H,5,10-13H2,1-4H3/b18-14+. The first-order valence-electron chi connectivity index (χ1n) is 11.0. The summed E-state index contributed by atoms with van der Waals surface area (Å²) in [4.78, 5) is 17.2. The zero-order chi connectivity index (χ0) is 22.7. The maximum atomic E-state index is 12.9. The second-order valence-electron chi connectivity index (χ2n) is 7.99. The van der Waals surface area contributed by atoms with Gasteiger partial charge >= 0.3 is 0 Å². The Labute approximate surface area is 189 Å². The molecule has 2 aromatic carbocycles. The van der Waals surface area contributed by atoms with E-state index in [0.717, 1.165) is 71.7 Å². The molecule has 1 fully saturated rings. The van der Waals surface area contributed by atoms with Crippen molar-refractivity contribution < 1.29 is 18.7 Å². The topological polar surface area (TPSA) is 55.2 Å². The largest absolute Gasteiger partial charge is 0.496 e. The molecule has 0 aliphatic carbocycles. The number of carbonyl (C=O) groups is 1. The molecule has 1 aromatic heterocycles. The van der Waals surface area contributed by atoms with Crippen LogP contribution in [-0.4, -0.2) is 62.7 Å². The molecule has 3 aromatic rings. The van der Waals surface area contributed by atoms with Gasteiger partial charge in [-0.1, -0.05) is 25.1 Å². The fourth-order valence-corrected chi connectivity index (χ4v) is 4.25. The fraction of sp³-hybridized carbons (Fsp3) is 0.346. The molecule has 0 spiro atoms. The summed E-state index contributed by atoms with van der Waals surface area (Å²) in [7, 11) is 3.29. The van der Waals surface area contributed by atoms with Crippen LogP contribution in [0.3, 0.4) is 0 Å². The van der Waals surface area contributed by atoms with E-state index in [1.807, 2.05) is 48.2 Å². The first-order valence-corrected chi connectivity index (χ1v) is 11.0. The molecule has 168 valence electrons. The van der Waals surface area contributed by atoms with Gasteiger partial charge in [-0.3, -0.25) is 4.79 Å². The molecule has 0 bridgehead atoms. The maximum absolute atomic E-state index is 12.9. The van der Waals surface area contributed by atoms with E-state index >= 15 is 0 Å². The molecule has 0 N–H and O–H groups in total. The number of benzene rings is 2. The number of likely N-dealkylation sites (N-methyl/N-ethyl adjacent to an activating group) is 1. The van der Waals surface area contributed by atoms with E-state index in [-0.39, 0.29) is 5.91 Å². The van der Waals surface area contributed by atoms with Crippen molar-refractivity contribution in [2.45, 2.75) is 13.8 Å². The molecule has 1 amide bonds. The van der Waals surface area contributed by atoms with Crippen molar-refractivity contribution in [3.8, 4) is 22.6 Å². The number of hydrogen-bond acceptors (Lipinski definition) is 5. The maximum Gasteiger partial charge on any atom is 0.246 e. The van der Waals surface area contributed by atoms with Gasteiger partial charge in [0.05, 0.1) is 20.5 Å². The van der Waals surface area contributed by atoms with Crippen molar-refractivity contribution in [2.24, 2.45) is 0 Å².